The van der Waals surface area contributed by atoms with E-state index in [9.17, 15) is 14.7 Å². The zero-order chi connectivity index (χ0) is 22.3. The van der Waals surface area contributed by atoms with Gasteiger partial charge in [0.15, 0.2) is 5.43 Å². The largest absolute Gasteiger partial charge is 0.493 e. The fourth-order valence-electron chi connectivity index (χ4n) is 3.79. The number of ether oxygens (including phenoxy) is 2. The molecule has 3 aromatic rings. The molecule has 0 spiro atoms. The second kappa shape index (κ2) is 7.94. The van der Waals surface area contributed by atoms with Crippen LogP contribution in [0.3, 0.4) is 0 Å². The number of pyridine rings is 1. The Balaban J connectivity index is 1.92. The van der Waals surface area contributed by atoms with E-state index in [0.29, 0.717) is 46.4 Å². The number of nitrogens with zero attached hydrogens (tertiary/aromatic N) is 2. The van der Waals surface area contributed by atoms with Crippen LogP contribution in [0.25, 0.3) is 11.3 Å². The molecule has 0 aliphatic carbocycles. The van der Waals surface area contributed by atoms with Gasteiger partial charge in [-0.15, -0.1) is 0 Å². The second-order valence-electron chi connectivity index (χ2n) is 7.67. The molecule has 162 valence electrons. The first-order chi connectivity index (χ1) is 14.8. The van der Waals surface area contributed by atoms with Crippen molar-refractivity contribution in [1.29, 1.82) is 0 Å². The van der Waals surface area contributed by atoms with E-state index >= 15 is 0 Å². The van der Waals surface area contributed by atoms with E-state index in [4.69, 9.17) is 14.0 Å². The van der Waals surface area contributed by atoms with Crippen LogP contribution in [-0.2, 0) is 0 Å². The van der Waals surface area contributed by atoms with Crippen molar-refractivity contribution < 1.29 is 23.9 Å². The molecule has 1 unspecified atom stereocenters. The monoisotopic (exact) mass is 424 g/mol. The molecule has 0 bridgehead atoms. The van der Waals surface area contributed by atoms with Crippen molar-refractivity contribution in [2.75, 3.05) is 6.61 Å². The number of carboxylic acid groups (broad SMARTS) is 1. The normalized spacial score (nSPS) is 14.5. The average Bonchev–Trinajstić information content (AvgIpc) is 3.05. The number of carbonyl (C=O) groups is 1. The van der Waals surface area contributed by atoms with Gasteiger partial charge < -0.3 is 23.7 Å². The van der Waals surface area contributed by atoms with E-state index in [1.54, 1.807) is 18.4 Å². The molecule has 0 saturated heterocycles. The summed E-state index contributed by atoms with van der Waals surface area (Å²) in [5.41, 5.74) is 2.56. The Hall–Kier alpha value is -3.55. The Kier molecular flexibility index (Phi) is 5.31. The molecule has 8 heteroatoms. The maximum atomic E-state index is 12.5. The lowest BCUT2D eigenvalue weighted by atomic mass is 10.0. The number of hydrogen-bond acceptors (Lipinski definition) is 6. The summed E-state index contributed by atoms with van der Waals surface area (Å²) in [5, 5.41) is 13.5. The summed E-state index contributed by atoms with van der Waals surface area (Å²) in [7, 11) is 0. The molecule has 0 radical (unpaired) electrons. The van der Waals surface area contributed by atoms with Gasteiger partial charge in [-0.2, -0.15) is 0 Å². The zero-order valence-electron chi connectivity index (χ0n) is 17.9. The van der Waals surface area contributed by atoms with Gasteiger partial charge in [-0.3, -0.25) is 4.79 Å². The maximum absolute atomic E-state index is 12.5. The van der Waals surface area contributed by atoms with Gasteiger partial charge in [0.1, 0.15) is 22.8 Å². The van der Waals surface area contributed by atoms with Crippen LogP contribution in [0.4, 0.5) is 0 Å². The van der Waals surface area contributed by atoms with Crippen molar-refractivity contribution in [3.05, 3.63) is 62.8 Å². The first-order valence-corrected chi connectivity index (χ1v) is 10.2. The van der Waals surface area contributed by atoms with Gasteiger partial charge in [-0.05, 0) is 38.8 Å². The number of fused-ring (bicyclic) bond motifs is 3. The van der Waals surface area contributed by atoms with E-state index in [0.717, 1.165) is 18.4 Å². The van der Waals surface area contributed by atoms with E-state index in [1.807, 2.05) is 19.1 Å². The van der Waals surface area contributed by atoms with Crippen LogP contribution in [0.1, 0.15) is 58.9 Å². The minimum Gasteiger partial charge on any atom is -0.493 e. The van der Waals surface area contributed by atoms with Gasteiger partial charge in [-0.25, -0.2) is 4.79 Å². The Morgan fingerprint density at radius 3 is 2.68 bits per heavy atom. The van der Waals surface area contributed by atoms with Gasteiger partial charge in [0, 0.05) is 23.9 Å². The van der Waals surface area contributed by atoms with Crippen molar-refractivity contribution >= 4 is 5.97 Å². The van der Waals surface area contributed by atoms with Gasteiger partial charge in [0.2, 0.25) is 6.23 Å². The molecule has 1 aliphatic rings. The summed E-state index contributed by atoms with van der Waals surface area (Å²) < 4.78 is 19.2. The van der Waals surface area contributed by atoms with E-state index in [2.05, 4.69) is 12.1 Å². The molecule has 31 heavy (non-hydrogen) atoms. The summed E-state index contributed by atoms with van der Waals surface area (Å²) in [6.07, 6.45) is 2.55. The number of aromatic nitrogens is 2. The molecular weight excluding hydrogens is 400 g/mol. The predicted octanol–water partition coefficient (Wildman–Crippen LogP) is 4.24. The van der Waals surface area contributed by atoms with Crippen LogP contribution >= 0.6 is 0 Å². The van der Waals surface area contributed by atoms with Gasteiger partial charge in [0.05, 0.1) is 23.6 Å². The molecule has 3 heterocycles. The molecule has 1 atom stereocenters. The summed E-state index contributed by atoms with van der Waals surface area (Å²) >= 11 is 0. The third-order valence-corrected chi connectivity index (χ3v) is 5.45. The number of rotatable bonds is 6. The smallest absolute Gasteiger partial charge is 0.341 e. The highest BCUT2D eigenvalue weighted by Crippen LogP contribution is 2.44. The average molecular weight is 424 g/mol. The summed E-state index contributed by atoms with van der Waals surface area (Å²) in [6.45, 7) is 8.18. The number of aromatic carboxylic acids is 1. The van der Waals surface area contributed by atoms with Crippen LogP contribution in [0.2, 0.25) is 0 Å². The summed E-state index contributed by atoms with van der Waals surface area (Å²) in [5.74, 6) is 0.519. The summed E-state index contributed by atoms with van der Waals surface area (Å²) in [6, 6.07) is 5.06. The molecule has 2 aromatic heterocycles. The van der Waals surface area contributed by atoms with E-state index in [-0.39, 0.29) is 5.56 Å². The van der Waals surface area contributed by atoms with Crippen molar-refractivity contribution in [3.63, 3.8) is 0 Å². The molecule has 8 nitrogen and oxygen atoms in total. The molecule has 1 aliphatic heterocycles. The molecular formula is C23H24N2O6. The van der Waals surface area contributed by atoms with Crippen LogP contribution in [0.5, 0.6) is 11.5 Å². The van der Waals surface area contributed by atoms with E-state index < -0.39 is 17.6 Å². The fraction of sp³-hybridized carbons (Fsp3) is 0.348. The van der Waals surface area contributed by atoms with Crippen LogP contribution in [-0.4, -0.2) is 27.4 Å². The first kappa shape index (κ1) is 20.7. The minimum absolute atomic E-state index is 0.330. The molecule has 0 amide bonds. The van der Waals surface area contributed by atoms with Crippen molar-refractivity contribution in [2.45, 2.75) is 46.8 Å². The van der Waals surface area contributed by atoms with Gasteiger partial charge >= 0.3 is 5.97 Å². The first-order valence-electron chi connectivity index (χ1n) is 10.2. The molecule has 4 rings (SSSR count). The van der Waals surface area contributed by atoms with Crippen LogP contribution in [0, 0.1) is 20.8 Å². The molecule has 1 aromatic carbocycles. The highest BCUT2D eigenvalue weighted by atomic mass is 16.5. The third-order valence-electron chi connectivity index (χ3n) is 5.45. The van der Waals surface area contributed by atoms with Gasteiger partial charge in [0.25, 0.3) is 0 Å². The van der Waals surface area contributed by atoms with Crippen molar-refractivity contribution in [2.24, 2.45) is 0 Å². The topological polar surface area (TPSA) is 104 Å². The Bertz CT molecular complexity index is 1200. The zero-order valence-corrected chi connectivity index (χ0v) is 17.9. The van der Waals surface area contributed by atoms with Crippen molar-refractivity contribution in [3.8, 4) is 22.8 Å². The second-order valence-corrected chi connectivity index (χ2v) is 7.67. The highest BCUT2D eigenvalue weighted by Gasteiger charge is 2.32. The Morgan fingerprint density at radius 2 is 2.03 bits per heavy atom. The quantitative estimate of drug-likeness (QED) is 0.590. The highest BCUT2D eigenvalue weighted by molar-refractivity contribution is 5.88. The standard InChI is InChI=1S/C23H24N2O6/c1-5-6-7-29-19-10-20-15(8-12(19)2)17-9-18(26)16(23(27)28)11-25(17)22(30-20)21-13(3)24-31-14(21)4/h8-11,22H,5-7H2,1-4H3,(H,27,28). The van der Waals surface area contributed by atoms with Crippen LogP contribution in [0.15, 0.2) is 33.7 Å². The van der Waals surface area contributed by atoms with Crippen LogP contribution < -0.4 is 14.9 Å². The molecule has 1 N–H and O–H groups in total. The SMILES string of the molecule is CCCCOc1cc2c(cc1C)-c1cc(=O)c(C(=O)O)cn1C(c1c(C)noc1C)O2. The molecule has 0 saturated carbocycles. The fourth-order valence-corrected chi connectivity index (χ4v) is 3.79. The number of unbranched alkanes of at least 4 members (excludes halogenated alkanes) is 1. The number of carboxylic acids is 1. The van der Waals surface area contributed by atoms with Gasteiger partial charge in [-0.1, -0.05) is 18.5 Å². The maximum Gasteiger partial charge on any atom is 0.341 e. The number of aryl methyl sites for hydroxylation is 3. The lowest BCUT2D eigenvalue weighted by molar-refractivity contribution is 0.0693. The number of hydrogen-bond donors (Lipinski definition) is 1. The van der Waals surface area contributed by atoms with Crippen molar-refractivity contribution in [1.82, 2.24) is 9.72 Å². The lowest BCUT2D eigenvalue weighted by Gasteiger charge is -2.32. The predicted molar refractivity (Wildman–Crippen MR) is 113 cm³/mol. The minimum atomic E-state index is -1.29. The lowest BCUT2D eigenvalue weighted by Crippen LogP contribution is -2.28. The summed E-state index contributed by atoms with van der Waals surface area (Å²) in [4.78, 5) is 24.1. The Morgan fingerprint density at radius 1 is 1.26 bits per heavy atom. The van der Waals surface area contributed by atoms with E-state index in [1.165, 1.54) is 12.3 Å². The molecule has 0 fully saturated rings. The third kappa shape index (κ3) is 3.58. The Labute approximate surface area is 179 Å². The number of benzene rings is 1.